The molecule has 1 amide bonds. The predicted molar refractivity (Wildman–Crippen MR) is 142 cm³/mol. The maximum atomic E-state index is 13.5. The lowest BCUT2D eigenvalue weighted by Crippen LogP contribution is -2.41. The van der Waals surface area contributed by atoms with E-state index < -0.39 is 32.5 Å². The first-order chi connectivity index (χ1) is 16.9. The molecule has 9 nitrogen and oxygen atoms in total. The van der Waals surface area contributed by atoms with E-state index in [1.165, 1.54) is 12.1 Å². The second kappa shape index (κ2) is 11.3. The molecule has 0 fully saturated rings. The predicted octanol–water partition coefficient (Wildman–Crippen LogP) is 3.34. The zero-order chi connectivity index (χ0) is 26.5. The molecule has 0 saturated carbocycles. The number of benzene rings is 3. The van der Waals surface area contributed by atoms with E-state index in [0.717, 1.165) is 21.7 Å². The van der Waals surface area contributed by atoms with Gasteiger partial charge in [0.15, 0.2) is 0 Å². The second-order valence-electron chi connectivity index (χ2n) is 8.18. The van der Waals surface area contributed by atoms with Gasteiger partial charge in [0.1, 0.15) is 6.54 Å². The van der Waals surface area contributed by atoms with Crippen LogP contribution in [0, 0.1) is 13.8 Å². The summed E-state index contributed by atoms with van der Waals surface area (Å²) in [7, 11) is -7.47. The van der Waals surface area contributed by atoms with Gasteiger partial charge in [-0.05, 0) is 61.4 Å². The van der Waals surface area contributed by atoms with Gasteiger partial charge in [-0.1, -0.05) is 47.5 Å². The maximum absolute atomic E-state index is 13.5. The van der Waals surface area contributed by atoms with Crippen LogP contribution >= 0.6 is 11.6 Å². The van der Waals surface area contributed by atoms with Crippen molar-refractivity contribution in [2.75, 3.05) is 22.5 Å². The van der Waals surface area contributed by atoms with Crippen molar-refractivity contribution in [1.82, 2.24) is 10.1 Å². The van der Waals surface area contributed by atoms with Crippen molar-refractivity contribution in [1.29, 1.82) is 0 Å². The molecule has 0 aliphatic rings. The van der Waals surface area contributed by atoms with Gasteiger partial charge in [-0.25, -0.2) is 16.8 Å². The van der Waals surface area contributed by atoms with E-state index in [1.807, 2.05) is 6.92 Å². The van der Waals surface area contributed by atoms with Crippen LogP contribution in [0.2, 0.25) is 5.02 Å². The Kier molecular flexibility index (Phi) is 8.62. The normalized spacial score (nSPS) is 11.7. The quantitative estimate of drug-likeness (QED) is 0.332. The highest BCUT2D eigenvalue weighted by atomic mass is 35.5. The lowest BCUT2D eigenvalue weighted by molar-refractivity contribution is -0.119. The molecule has 0 heterocycles. The lowest BCUT2D eigenvalue weighted by atomic mass is 10.2. The highest BCUT2D eigenvalue weighted by molar-refractivity contribution is 7.92. The number of anilines is 2. The van der Waals surface area contributed by atoms with E-state index in [0.29, 0.717) is 22.0 Å². The molecular weight excluding hydrogens is 524 g/mol. The molecule has 0 bridgehead atoms. The highest BCUT2D eigenvalue weighted by Gasteiger charge is 2.28. The molecule has 0 aliphatic carbocycles. The summed E-state index contributed by atoms with van der Waals surface area (Å²) < 4.78 is 50.5. The van der Waals surface area contributed by atoms with Crippen molar-refractivity contribution in [2.45, 2.75) is 25.3 Å². The number of hydrogen-bond donors (Lipinski definition) is 3. The fourth-order valence-corrected chi connectivity index (χ4v) is 5.20. The van der Waals surface area contributed by atoms with E-state index in [9.17, 15) is 21.6 Å². The molecule has 0 saturated heterocycles. The zero-order valence-corrected chi connectivity index (χ0v) is 22.3. The molecule has 0 atom stereocenters. The summed E-state index contributed by atoms with van der Waals surface area (Å²) in [6.45, 7) is 3.25. The first kappa shape index (κ1) is 27.5. The van der Waals surface area contributed by atoms with Gasteiger partial charge < -0.3 is 10.7 Å². The maximum Gasteiger partial charge on any atom is 0.264 e. The van der Waals surface area contributed by atoms with E-state index in [-0.39, 0.29) is 11.4 Å². The number of hydrazine groups is 1. The third kappa shape index (κ3) is 7.20. The highest BCUT2D eigenvalue weighted by Crippen LogP contribution is 2.30. The molecule has 0 aromatic heterocycles. The van der Waals surface area contributed by atoms with Crippen LogP contribution in [0.5, 0.6) is 0 Å². The fraction of sp³-hybridized carbons (Fsp3) is 0.208. The number of hydrogen-bond acceptors (Lipinski definition) is 6. The van der Waals surface area contributed by atoms with Gasteiger partial charge in [-0.15, -0.1) is 4.83 Å². The number of aryl methyl sites for hydroxylation is 1. The Bertz CT molecular complexity index is 1440. The van der Waals surface area contributed by atoms with Crippen molar-refractivity contribution in [3.63, 3.8) is 0 Å². The first-order valence-corrected chi connectivity index (χ1v) is 14.5. The largest absolute Gasteiger partial charge is 0.350 e. The summed E-state index contributed by atoms with van der Waals surface area (Å²) in [5.74, 6) is -0.508. The Morgan fingerprint density at radius 1 is 0.917 bits per heavy atom. The summed E-state index contributed by atoms with van der Waals surface area (Å²) in [6, 6.07) is 18.0. The van der Waals surface area contributed by atoms with Crippen LogP contribution in [0.4, 0.5) is 11.4 Å². The third-order valence-electron chi connectivity index (χ3n) is 5.23. The van der Waals surface area contributed by atoms with E-state index in [1.54, 1.807) is 61.5 Å². The number of amides is 1. The molecule has 0 aliphatic heterocycles. The number of sulfonamides is 2. The summed E-state index contributed by atoms with van der Waals surface area (Å²) in [6.07, 6.45) is 1.02. The number of carbonyl (C=O) groups excluding carboxylic acids is 1. The average Bonchev–Trinajstić information content (AvgIpc) is 2.82. The number of carbonyl (C=O) groups is 1. The van der Waals surface area contributed by atoms with Gasteiger partial charge in [-0.3, -0.25) is 9.10 Å². The minimum Gasteiger partial charge on any atom is -0.350 e. The molecule has 0 unspecified atom stereocenters. The first-order valence-electron chi connectivity index (χ1n) is 10.8. The van der Waals surface area contributed by atoms with Gasteiger partial charge in [0.25, 0.3) is 10.0 Å². The average molecular weight is 551 g/mol. The number of nitrogens with one attached hydrogen (secondary N) is 3. The second-order valence-corrected chi connectivity index (χ2v) is 12.2. The molecule has 36 heavy (non-hydrogen) atoms. The number of nitrogens with zero attached hydrogens (tertiary/aromatic N) is 1. The number of rotatable bonds is 10. The van der Waals surface area contributed by atoms with Gasteiger partial charge in [0, 0.05) is 17.3 Å². The SMILES string of the molecule is Cc1ccc(S(=O)(=O)N(CC(=O)NCc2ccc(NNS(C)(=O)=O)cc2)c2cccc(Cl)c2C)cc1. The molecule has 3 aromatic carbocycles. The topological polar surface area (TPSA) is 125 Å². The Hall–Kier alpha value is -3.12. The van der Waals surface area contributed by atoms with Crippen LogP contribution in [0.1, 0.15) is 16.7 Å². The molecule has 0 radical (unpaired) electrons. The smallest absolute Gasteiger partial charge is 0.264 e. The summed E-state index contributed by atoms with van der Waals surface area (Å²) in [4.78, 5) is 15.1. The standard InChI is InChI=1S/C24H27ClN4O5S2/c1-17-7-13-21(14-8-17)36(33,34)29(23-6-4-5-22(25)18(23)2)16-24(30)26-15-19-9-11-20(12-10-19)27-28-35(3,31)32/h4-14,27-28H,15-16H2,1-3H3,(H,26,30). The third-order valence-corrected chi connectivity index (χ3v) is 7.88. The molecule has 3 N–H and O–H groups in total. The zero-order valence-electron chi connectivity index (χ0n) is 19.9. The Morgan fingerprint density at radius 2 is 1.56 bits per heavy atom. The van der Waals surface area contributed by atoms with Crippen LogP contribution < -0.4 is 19.9 Å². The van der Waals surface area contributed by atoms with Crippen LogP contribution in [0.25, 0.3) is 0 Å². The van der Waals surface area contributed by atoms with Gasteiger partial charge >= 0.3 is 0 Å². The van der Waals surface area contributed by atoms with Gasteiger partial charge in [0.2, 0.25) is 15.9 Å². The van der Waals surface area contributed by atoms with Crippen LogP contribution in [-0.4, -0.2) is 35.5 Å². The Balaban J connectivity index is 1.77. The van der Waals surface area contributed by atoms with Crippen molar-refractivity contribution >= 4 is 48.9 Å². The van der Waals surface area contributed by atoms with Gasteiger partial charge in [0.05, 0.1) is 16.8 Å². The molecule has 3 aromatic rings. The Labute approximate surface area is 216 Å². The molecule has 192 valence electrons. The lowest BCUT2D eigenvalue weighted by Gasteiger charge is -2.26. The Morgan fingerprint density at radius 3 is 2.17 bits per heavy atom. The van der Waals surface area contributed by atoms with Crippen molar-refractivity contribution < 1.29 is 21.6 Å². The fourth-order valence-electron chi connectivity index (χ4n) is 3.25. The van der Waals surface area contributed by atoms with Gasteiger partial charge in [-0.2, -0.15) is 0 Å². The van der Waals surface area contributed by atoms with Crippen molar-refractivity contribution in [2.24, 2.45) is 0 Å². The molecular formula is C24H27ClN4O5S2. The summed E-state index contributed by atoms with van der Waals surface area (Å²) >= 11 is 6.25. The minimum atomic E-state index is -4.06. The van der Waals surface area contributed by atoms with Crippen LogP contribution in [-0.2, 0) is 31.4 Å². The molecule has 3 rings (SSSR count). The van der Waals surface area contributed by atoms with Crippen LogP contribution in [0.3, 0.4) is 0 Å². The number of halogens is 1. The van der Waals surface area contributed by atoms with E-state index in [2.05, 4.69) is 15.6 Å². The summed E-state index contributed by atoms with van der Waals surface area (Å²) in [5.41, 5.74) is 5.56. The monoisotopic (exact) mass is 550 g/mol. The minimum absolute atomic E-state index is 0.0612. The van der Waals surface area contributed by atoms with Crippen molar-refractivity contribution in [3.8, 4) is 0 Å². The molecule has 0 spiro atoms. The van der Waals surface area contributed by atoms with Crippen molar-refractivity contribution in [3.05, 3.63) is 88.4 Å². The van der Waals surface area contributed by atoms with E-state index in [4.69, 9.17) is 11.6 Å². The van der Waals surface area contributed by atoms with Crippen LogP contribution in [0.15, 0.2) is 71.6 Å². The van der Waals surface area contributed by atoms with E-state index >= 15 is 0 Å². The molecule has 12 heteroatoms. The summed E-state index contributed by atoms with van der Waals surface area (Å²) in [5, 5.41) is 3.12.